The molecule has 3 N–H and O–H groups in total. The number of benzene rings is 4. The number of fused-ring (bicyclic) bond motifs is 2. The van der Waals surface area contributed by atoms with Crippen LogP contribution < -0.4 is 15.9 Å². The molecule has 0 aliphatic carbocycles. The summed E-state index contributed by atoms with van der Waals surface area (Å²) >= 11 is 0. The van der Waals surface area contributed by atoms with Crippen LogP contribution in [-0.2, 0) is 24.4 Å². The van der Waals surface area contributed by atoms with E-state index in [9.17, 15) is 29.7 Å². The normalized spacial score (nSPS) is 11.3. The largest absolute Gasteiger partial charge is 0.508 e. The zero-order valence-electron chi connectivity index (χ0n) is 27.3. The van der Waals surface area contributed by atoms with E-state index in [-0.39, 0.29) is 46.5 Å². The Morgan fingerprint density at radius 3 is 1.90 bits per heavy atom. The number of phenols is 3. The molecule has 51 heavy (non-hydrogen) atoms. The van der Waals surface area contributed by atoms with Crippen LogP contribution in [-0.4, -0.2) is 55.4 Å². The first kappa shape index (κ1) is 32.7. The minimum atomic E-state index is -0.551. The molecule has 4 aromatic carbocycles. The number of carbonyl (C=O) groups is 1. The molecule has 14 heteroatoms. The predicted octanol–water partition coefficient (Wildman–Crippen LogP) is 4.60. The average molecular weight is 686 g/mol. The van der Waals surface area contributed by atoms with Crippen molar-refractivity contribution in [2.45, 2.75) is 39.4 Å². The monoisotopic (exact) mass is 685 g/mol. The van der Waals surface area contributed by atoms with Gasteiger partial charge in [-0.2, -0.15) is 0 Å². The molecule has 0 spiro atoms. The number of aromatic hydroxyl groups is 3. The van der Waals surface area contributed by atoms with Gasteiger partial charge in [-0.1, -0.05) is 29.5 Å². The molecule has 0 radical (unpaired) electrons. The lowest BCUT2D eigenvalue weighted by atomic mass is 10.1. The number of rotatable bonds is 10. The van der Waals surface area contributed by atoms with Crippen molar-refractivity contribution in [2.75, 3.05) is 0 Å². The lowest BCUT2D eigenvalue weighted by Crippen LogP contribution is -2.24. The van der Waals surface area contributed by atoms with Crippen LogP contribution in [0, 0.1) is 0 Å². The highest BCUT2D eigenvalue weighted by Crippen LogP contribution is 2.30. The van der Waals surface area contributed by atoms with Crippen molar-refractivity contribution in [1.82, 2.24) is 34.1 Å². The number of hydrogen-bond acceptors (Lipinski definition) is 11. The summed E-state index contributed by atoms with van der Waals surface area (Å²) in [5, 5.41) is 40.0. The SMILES string of the molecule is CC(=O)Oc1cc(O)cc(-c2nc3ccccc3c(=O)n2CCCCn2cc(Cn3c(-c4cc(O)cc(O)c4)nc4ccccc4c3=O)nn2)c1. The van der Waals surface area contributed by atoms with Crippen molar-refractivity contribution in [3.8, 4) is 45.8 Å². The van der Waals surface area contributed by atoms with E-state index >= 15 is 0 Å². The lowest BCUT2D eigenvalue weighted by molar-refractivity contribution is -0.131. The smallest absolute Gasteiger partial charge is 0.308 e. The van der Waals surface area contributed by atoms with Crippen molar-refractivity contribution in [2.24, 2.45) is 0 Å². The Bertz CT molecular complexity index is 2550. The van der Waals surface area contributed by atoms with Crippen LogP contribution in [0.3, 0.4) is 0 Å². The Kier molecular flexibility index (Phi) is 8.71. The van der Waals surface area contributed by atoms with Gasteiger partial charge in [0, 0.05) is 43.3 Å². The fourth-order valence-corrected chi connectivity index (χ4v) is 6.02. The van der Waals surface area contributed by atoms with E-state index in [1.54, 1.807) is 70.0 Å². The fraction of sp³-hybridized carbons (Fsp3) is 0.162. The molecule has 0 atom stereocenters. The number of hydrogen-bond donors (Lipinski definition) is 3. The summed E-state index contributed by atoms with van der Waals surface area (Å²) in [6.07, 6.45) is 2.88. The van der Waals surface area contributed by atoms with Crippen LogP contribution in [0.4, 0.5) is 0 Å². The Balaban J connectivity index is 1.12. The van der Waals surface area contributed by atoms with Gasteiger partial charge < -0.3 is 20.1 Å². The minimum absolute atomic E-state index is 0.0309. The molecule has 0 bridgehead atoms. The third kappa shape index (κ3) is 6.87. The van der Waals surface area contributed by atoms with Crippen LogP contribution in [0.25, 0.3) is 44.6 Å². The molecule has 3 heterocycles. The molecule has 14 nitrogen and oxygen atoms in total. The molecule has 3 aromatic heterocycles. The Morgan fingerprint density at radius 1 is 0.706 bits per heavy atom. The highest BCUT2D eigenvalue weighted by Gasteiger charge is 2.18. The summed E-state index contributed by atoms with van der Waals surface area (Å²) in [5.74, 6) is -0.353. The first-order chi connectivity index (χ1) is 24.6. The van der Waals surface area contributed by atoms with E-state index < -0.39 is 5.97 Å². The van der Waals surface area contributed by atoms with Crippen molar-refractivity contribution in [3.63, 3.8) is 0 Å². The third-order valence-electron chi connectivity index (χ3n) is 8.22. The van der Waals surface area contributed by atoms with Gasteiger partial charge in [0.05, 0.1) is 34.5 Å². The predicted molar refractivity (Wildman–Crippen MR) is 188 cm³/mol. The molecular formula is C37H31N7O7. The number of para-hydroxylation sites is 2. The summed E-state index contributed by atoms with van der Waals surface area (Å²) in [4.78, 5) is 48.3. The number of aromatic nitrogens is 7. The van der Waals surface area contributed by atoms with E-state index in [0.29, 0.717) is 70.4 Å². The molecule has 0 fully saturated rings. The molecule has 0 aliphatic heterocycles. The highest BCUT2D eigenvalue weighted by atomic mass is 16.5. The maximum Gasteiger partial charge on any atom is 0.308 e. The fourth-order valence-electron chi connectivity index (χ4n) is 6.02. The zero-order chi connectivity index (χ0) is 35.6. The summed E-state index contributed by atoms with van der Waals surface area (Å²) in [6, 6.07) is 22.3. The summed E-state index contributed by atoms with van der Waals surface area (Å²) in [5.41, 5.74) is 1.65. The van der Waals surface area contributed by atoms with Crippen LogP contribution >= 0.6 is 0 Å². The quantitative estimate of drug-likeness (QED) is 0.104. The van der Waals surface area contributed by atoms with Gasteiger partial charge in [-0.3, -0.25) is 28.2 Å². The minimum Gasteiger partial charge on any atom is -0.508 e. The number of unbranched alkanes of at least 4 members (excludes halogenated alkanes) is 1. The van der Waals surface area contributed by atoms with Crippen LogP contribution in [0.1, 0.15) is 25.5 Å². The lowest BCUT2D eigenvalue weighted by Gasteiger charge is -2.15. The Morgan fingerprint density at radius 2 is 1.25 bits per heavy atom. The van der Waals surface area contributed by atoms with Gasteiger partial charge in [-0.15, -0.1) is 5.10 Å². The maximum atomic E-state index is 13.7. The Labute approximate surface area is 289 Å². The first-order valence-electron chi connectivity index (χ1n) is 16.1. The van der Waals surface area contributed by atoms with Crippen molar-refractivity contribution in [1.29, 1.82) is 0 Å². The molecule has 7 aromatic rings. The van der Waals surface area contributed by atoms with E-state index in [0.717, 1.165) is 0 Å². The van der Waals surface area contributed by atoms with Gasteiger partial charge in [0.2, 0.25) is 0 Å². The number of aryl methyl sites for hydroxylation is 1. The second-order valence-corrected chi connectivity index (χ2v) is 12.0. The first-order valence-corrected chi connectivity index (χ1v) is 16.1. The molecule has 0 amide bonds. The second-order valence-electron chi connectivity index (χ2n) is 12.0. The molecule has 0 saturated carbocycles. The van der Waals surface area contributed by atoms with Gasteiger partial charge in [-0.05, 0) is 61.4 Å². The summed E-state index contributed by atoms with van der Waals surface area (Å²) in [6.45, 7) is 2.04. The molecule has 256 valence electrons. The number of carbonyl (C=O) groups excluding carboxylic acids is 1. The second kappa shape index (κ2) is 13.6. The zero-order valence-corrected chi connectivity index (χ0v) is 27.3. The van der Waals surface area contributed by atoms with Crippen molar-refractivity contribution in [3.05, 3.63) is 118 Å². The standard InChI is InChI=1S/C37H31N7O7/c1-22(45)51-29-17-24(16-28(48)19-29)34-38-32-10-4-2-8-30(32)36(49)43(34)13-7-6-12-42-20-25(40-41-42)21-44-35(23-14-26(46)18-27(47)15-23)39-33-11-5-3-9-31(33)37(44)50/h2-5,8-11,14-20,46-48H,6-7,12-13,21H2,1H3. The molecule has 0 unspecified atom stereocenters. The topological polar surface area (TPSA) is 187 Å². The van der Waals surface area contributed by atoms with E-state index in [2.05, 4.69) is 15.3 Å². The van der Waals surface area contributed by atoms with E-state index in [1.165, 1.54) is 41.8 Å². The van der Waals surface area contributed by atoms with Crippen LogP contribution in [0.2, 0.25) is 0 Å². The molecule has 0 saturated heterocycles. The van der Waals surface area contributed by atoms with E-state index in [4.69, 9.17) is 9.72 Å². The third-order valence-corrected chi connectivity index (χ3v) is 8.22. The van der Waals surface area contributed by atoms with Gasteiger partial charge in [0.1, 0.15) is 40.3 Å². The molecule has 0 aliphatic rings. The average Bonchev–Trinajstić information content (AvgIpc) is 3.54. The van der Waals surface area contributed by atoms with Crippen LogP contribution in [0.15, 0.2) is 101 Å². The summed E-state index contributed by atoms with van der Waals surface area (Å²) in [7, 11) is 0. The van der Waals surface area contributed by atoms with Crippen molar-refractivity contribution < 1.29 is 24.9 Å². The molecular weight excluding hydrogens is 654 g/mol. The Hall–Kier alpha value is -6.83. The molecule has 7 rings (SSSR count). The number of esters is 1. The van der Waals surface area contributed by atoms with Gasteiger partial charge in [-0.25, -0.2) is 9.97 Å². The van der Waals surface area contributed by atoms with Gasteiger partial charge in [0.25, 0.3) is 11.1 Å². The number of ether oxygens (including phenoxy) is 1. The number of phenolic OH excluding ortho intramolecular Hbond substituents is 3. The van der Waals surface area contributed by atoms with Gasteiger partial charge in [0.15, 0.2) is 0 Å². The van der Waals surface area contributed by atoms with Crippen LogP contribution in [0.5, 0.6) is 23.0 Å². The maximum absolute atomic E-state index is 13.7. The summed E-state index contributed by atoms with van der Waals surface area (Å²) < 4.78 is 9.82. The van der Waals surface area contributed by atoms with Gasteiger partial charge >= 0.3 is 5.97 Å². The van der Waals surface area contributed by atoms with Crippen molar-refractivity contribution >= 4 is 27.8 Å². The number of nitrogens with zero attached hydrogens (tertiary/aromatic N) is 7. The highest BCUT2D eigenvalue weighted by molar-refractivity contribution is 5.81. The van der Waals surface area contributed by atoms with E-state index in [1.807, 2.05) is 0 Å².